The van der Waals surface area contributed by atoms with Gasteiger partial charge in [0, 0.05) is 22.6 Å². The molecular weight excluding hydrogens is 390 g/mol. The van der Waals surface area contributed by atoms with E-state index < -0.39 is 11.1 Å². The molecule has 0 radical (unpaired) electrons. The zero-order valence-electron chi connectivity index (χ0n) is 16.9. The number of hydrogen-bond donors (Lipinski definition) is 2. The van der Waals surface area contributed by atoms with Crippen LogP contribution in [0.25, 0.3) is 5.57 Å². The number of hydrogen-bond acceptors (Lipinski definition) is 2. The second kappa shape index (κ2) is 6.04. The summed E-state index contributed by atoms with van der Waals surface area (Å²) in [6, 6.07) is 2.14. The Labute approximate surface area is 164 Å². The molecule has 0 aliphatic carbocycles. The normalized spacial score (nSPS) is 26.3. The van der Waals surface area contributed by atoms with Crippen molar-refractivity contribution in [2.24, 2.45) is 4.99 Å². The minimum Gasteiger partial charge on any atom is -0.633 e. The fraction of sp³-hybridized carbons (Fsp3) is 0.476. The van der Waals surface area contributed by atoms with Crippen LogP contribution in [0, 0.1) is 19.1 Å². The Hall–Kier alpha value is -1.43. The predicted octanol–water partition coefficient (Wildman–Crippen LogP) is 4.37. The zero-order valence-corrected chi connectivity index (χ0v) is 18.5. The maximum atomic E-state index is 13.2. The molecule has 1 aromatic rings. The summed E-state index contributed by atoms with van der Waals surface area (Å²) in [6.07, 6.45) is 2.10. The molecule has 0 spiro atoms. The molecule has 26 heavy (non-hydrogen) atoms. The predicted molar refractivity (Wildman–Crippen MR) is 112 cm³/mol. The monoisotopic (exact) mass is 417 g/mol. The minimum absolute atomic E-state index is 0.228. The Kier molecular flexibility index (Phi) is 4.49. The molecular formula is C21H28BrN3O. The van der Waals surface area contributed by atoms with E-state index in [1.54, 1.807) is 0 Å². The summed E-state index contributed by atoms with van der Waals surface area (Å²) in [6.45, 7) is 16.3. The van der Waals surface area contributed by atoms with Crippen LogP contribution >= 0.6 is 15.9 Å². The van der Waals surface area contributed by atoms with E-state index in [1.807, 2.05) is 34.6 Å². The van der Waals surface area contributed by atoms with Crippen molar-refractivity contribution < 1.29 is 5.06 Å². The number of H-pyrrole nitrogens is 1. The lowest BCUT2D eigenvalue weighted by Crippen LogP contribution is -3.20. The number of aromatic amines is 1. The Bertz CT molecular complexity index is 910. The highest BCUT2D eigenvalue weighted by Gasteiger charge is 2.52. The molecule has 0 fully saturated rings. The van der Waals surface area contributed by atoms with E-state index in [9.17, 15) is 5.21 Å². The van der Waals surface area contributed by atoms with E-state index in [0.717, 1.165) is 44.0 Å². The zero-order chi connectivity index (χ0) is 19.6. The molecule has 0 amide bonds. The van der Waals surface area contributed by atoms with Gasteiger partial charge in [-0.05, 0) is 94.6 Å². The van der Waals surface area contributed by atoms with Crippen molar-refractivity contribution in [1.29, 1.82) is 0 Å². The number of hydroxylamine groups is 2. The highest BCUT2D eigenvalue weighted by atomic mass is 79.9. The summed E-state index contributed by atoms with van der Waals surface area (Å²) in [5.74, 6) is 0. The number of quaternary nitrogens is 1. The summed E-state index contributed by atoms with van der Waals surface area (Å²) < 4.78 is 0.960. The van der Waals surface area contributed by atoms with Crippen LogP contribution in [0.15, 0.2) is 38.5 Å². The number of allylic oxidation sites excluding steroid dienone is 2. The third-order valence-corrected chi connectivity index (χ3v) is 6.89. The van der Waals surface area contributed by atoms with Gasteiger partial charge < -0.3 is 15.3 Å². The van der Waals surface area contributed by atoms with Gasteiger partial charge in [-0.15, -0.1) is 0 Å². The van der Waals surface area contributed by atoms with Gasteiger partial charge in [0.05, 0.1) is 15.9 Å². The highest BCUT2D eigenvalue weighted by Crippen LogP contribution is 2.46. The van der Waals surface area contributed by atoms with Crippen LogP contribution in [0.3, 0.4) is 0 Å². The van der Waals surface area contributed by atoms with Gasteiger partial charge in [0.2, 0.25) is 0 Å². The Morgan fingerprint density at radius 3 is 2.12 bits per heavy atom. The number of nitrogens with one attached hydrogen (secondary N) is 2. The van der Waals surface area contributed by atoms with E-state index in [4.69, 9.17) is 4.99 Å². The van der Waals surface area contributed by atoms with E-state index in [2.05, 4.69) is 53.8 Å². The lowest BCUT2D eigenvalue weighted by atomic mass is 9.85. The van der Waals surface area contributed by atoms with Crippen molar-refractivity contribution in [1.82, 2.24) is 4.98 Å². The number of nitrogens with zero attached hydrogens (tertiary/aromatic N) is 1. The van der Waals surface area contributed by atoms with E-state index in [-0.39, 0.29) is 5.06 Å². The second-order valence-corrected chi connectivity index (χ2v) is 9.38. The number of halogens is 1. The largest absolute Gasteiger partial charge is 0.633 e. The van der Waals surface area contributed by atoms with Crippen molar-refractivity contribution >= 4 is 27.2 Å². The molecule has 2 aliphatic heterocycles. The van der Waals surface area contributed by atoms with Crippen LogP contribution in [0.2, 0.25) is 0 Å². The third-order valence-electron chi connectivity index (χ3n) is 5.50. The molecule has 0 saturated carbocycles. The topological polar surface area (TPSA) is 55.6 Å². The first-order chi connectivity index (χ1) is 11.9. The van der Waals surface area contributed by atoms with Gasteiger partial charge in [-0.1, -0.05) is 0 Å². The average molecular weight is 418 g/mol. The van der Waals surface area contributed by atoms with Gasteiger partial charge in [0.15, 0.2) is 0 Å². The Morgan fingerprint density at radius 2 is 1.73 bits per heavy atom. The highest BCUT2D eigenvalue weighted by molar-refractivity contribution is 9.11. The minimum atomic E-state index is -0.595. The molecule has 2 aliphatic rings. The van der Waals surface area contributed by atoms with Crippen LogP contribution < -0.4 is 5.06 Å². The first-order valence-electron chi connectivity index (χ1n) is 9.00. The van der Waals surface area contributed by atoms with Gasteiger partial charge in [0.1, 0.15) is 11.1 Å². The first kappa shape index (κ1) is 19.3. The van der Waals surface area contributed by atoms with Gasteiger partial charge in [-0.2, -0.15) is 0 Å². The van der Waals surface area contributed by atoms with Crippen LogP contribution in [0.4, 0.5) is 0 Å². The lowest BCUT2D eigenvalue weighted by Gasteiger charge is -2.42. The average Bonchev–Trinajstić information content (AvgIpc) is 3.06. The summed E-state index contributed by atoms with van der Waals surface area (Å²) in [5.41, 5.74) is 7.34. The van der Waals surface area contributed by atoms with E-state index in [1.165, 1.54) is 5.56 Å². The standard InChI is InChI=1S/C21H28BrN3O/c1-11-9-13(3)23-17(11)15(18-12(2)10-14(4)24-18)16-19(22)21(7,8)25(26)20(16,5)6/h9-10,23,25H,1-8H3/b18-15+. The molecule has 5 heteroatoms. The van der Waals surface area contributed by atoms with Crippen molar-refractivity contribution in [3.05, 3.63) is 55.6 Å². The Morgan fingerprint density at radius 1 is 1.12 bits per heavy atom. The molecule has 0 saturated heterocycles. The third kappa shape index (κ3) is 2.68. The second-order valence-electron chi connectivity index (χ2n) is 8.58. The van der Waals surface area contributed by atoms with Crippen LogP contribution in [0.5, 0.6) is 0 Å². The van der Waals surface area contributed by atoms with Crippen molar-refractivity contribution in [2.45, 2.75) is 66.5 Å². The van der Waals surface area contributed by atoms with Crippen molar-refractivity contribution in [3.63, 3.8) is 0 Å². The molecule has 2 N–H and O–H groups in total. The number of aromatic nitrogens is 1. The van der Waals surface area contributed by atoms with Crippen LogP contribution in [0.1, 0.15) is 58.5 Å². The molecule has 0 aromatic carbocycles. The summed E-state index contributed by atoms with van der Waals surface area (Å²) in [5, 5.41) is 13.4. The molecule has 1 atom stereocenters. The van der Waals surface area contributed by atoms with Crippen LogP contribution in [-0.4, -0.2) is 21.8 Å². The SMILES string of the molecule is CC1=CC(C)=N/C1=C(\C1=C(Br)C(C)(C)[NH+]([O-])C1(C)C)c1[nH]c(C)cc1C. The molecule has 1 aromatic heterocycles. The molecule has 3 rings (SSSR count). The summed E-state index contributed by atoms with van der Waals surface area (Å²) in [7, 11) is 0. The number of aliphatic imine (C=N–C) groups is 1. The molecule has 140 valence electrons. The van der Waals surface area contributed by atoms with E-state index in [0.29, 0.717) is 0 Å². The molecule has 1 unspecified atom stereocenters. The van der Waals surface area contributed by atoms with Gasteiger partial charge in [-0.3, -0.25) is 4.99 Å². The fourth-order valence-corrected chi connectivity index (χ4v) is 5.16. The van der Waals surface area contributed by atoms with Gasteiger partial charge >= 0.3 is 0 Å². The van der Waals surface area contributed by atoms with Crippen molar-refractivity contribution in [2.75, 3.05) is 0 Å². The first-order valence-corrected chi connectivity index (χ1v) is 9.79. The molecule has 4 nitrogen and oxygen atoms in total. The number of aryl methyl sites for hydroxylation is 2. The smallest absolute Gasteiger partial charge is 0.125 e. The van der Waals surface area contributed by atoms with Gasteiger partial charge in [-0.25, -0.2) is 0 Å². The van der Waals surface area contributed by atoms with E-state index >= 15 is 0 Å². The lowest BCUT2D eigenvalue weighted by molar-refractivity contribution is -0.927. The summed E-state index contributed by atoms with van der Waals surface area (Å²) >= 11 is 3.80. The number of rotatable bonds is 2. The molecule has 3 heterocycles. The maximum Gasteiger partial charge on any atom is 0.125 e. The van der Waals surface area contributed by atoms with Crippen molar-refractivity contribution in [3.8, 4) is 0 Å². The fourth-order valence-electron chi connectivity index (χ4n) is 4.29. The van der Waals surface area contributed by atoms with Crippen LogP contribution in [-0.2, 0) is 0 Å². The molecule has 0 bridgehead atoms. The summed E-state index contributed by atoms with van der Waals surface area (Å²) in [4.78, 5) is 8.34. The quantitative estimate of drug-likeness (QED) is 0.689. The maximum absolute atomic E-state index is 13.2. The van der Waals surface area contributed by atoms with Gasteiger partial charge in [0.25, 0.3) is 0 Å². The Balaban J connectivity index is 2.42.